The number of unbranched alkanes of at least 4 members (excludes halogenated alkanes) is 41. The molecule has 0 bridgehead atoms. The Bertz CT molecular complexity index is 1930. The lowest BCUT2D eigenvalue weighted by molar-refractivity contribution is -0.870. The zero-order valence-corrected chi connectivity index (χ0v) is 62.8. The van der Waals surface area contributed by atoms with Gasteiger partial charge < -0.3 is 28.5 Å². The van der Waals surface area contributed by atoms with Crippen molar-refractivity contribution in [1.82, 2.24) is 0 Å². The fourth-order valence-electron chi connectivity index (χ4n) is 11.4. The highest BCUT2D eigenvalue weighted by Crippen LogP contribution is 2.19. The Hall–Kier alpha value is -4.05. The predicted molar refractivity (Wildman–Crippen MR) is 410 cm³/mol. The molecule has 0 radical (unpaired) electrons. The van der Waals surface area contributed by atoms with Crippen LogP contribution in [0, 0.1) is 0 Å². The van der Waals surface area contributed by atoms with Crippen LogP contribution < -0.4 is 0 Å². The molecule has 0 saturated heterocycles. The van der Waals surface area contributed by atoms with Crippen LogP contribution in [-0.4, -0.2) is 87.4 Å². The van der Waals surface area contributed by atoms with Crippen molar-refractivity contribution in [1.29, 1.82) is 0 Å². The molecule has 1 N–H and O–H groups in total. The number of quaternary nitrogens is 1. The Morgan fingerprint density at radius 1 is 0.326 bits per heavy atom. The molecule has 2 unspecified atom stereocenters. The van der Waals surface area contributed by atoms with Gasteiger partial charge in [-0.15, -0.1) is 0 Å². The third kappa shape index (κ3) is 77.2. The molecule has 2 atom stereocenters. The van der Waals surface area contributed by atoms with Crippen LogP contribution in [0.5, 0.6) is 0 Å². The summed E-state index contributed by atoms with van der Waals surface area (Å²) in [7, 11) is 5.98. The van der Waals surface area contributed by atoms with E-state index in [1.807, 2.05) is 21.1 Å². The minimum Gasteiger partial charge on any atom is -0.477 e. The summed E-state index contributed by atoms with van der Waals surface area (Å²) < 4.78 is 23.0. The van der Waals surface area contributed by atoms with E-state index in [1.165, 1.54) is 231 Å². The van der Waals surface area contributed by atoms with E-state index in [0.29, 0.717) is 23.9 Å². The number of hydrogen-bond acceptors (Lipinski definition) is 7. The minimum atomic E-state index is -1.52. The number of carboxylic acid groups (broad SMARTS) is 1. The maximum absolute atomic E-state index is 13.0. The first-order valence-electron chi connectivity index (χ1n) is 40.1. The number of carbonyl (C=O) groups excluding carboxylic acids is 2. The molecule has 95 heavy (non-hydrogen) atoms. The van der Waals surface area contributed by atoms with Crippen LogP contribution in [0.25, 0.3) is 0 Å². The van der Waals surface area contributed by atoms with Crippen molar-refractivity contribution in [3.8, 4) is 0 Å². The van der Waals surface area contributed by atoms with Crippen molar-refractivity contribution in [2.45, 2.75) is 373 Å². The molecule has 0 aliphatic heterocycles. The van der Waals surface area contributed by atoms with Crippen LogP contribution in [0.15, 0.2) is 109 Å². The third-order valence-electron chi connectivity index (χ3n) is 17.5. The molecule has 9 nitrogen and oxygen atoms in total. The molecule has 0 aliphatic rings. The Morgan fingerprint density at radius 3 is 0.905 bits per heavy atom. The SMILES string of the molecule is CC/C=C\C/C=C\C/C=C\C/C=C\C/C=C\C/C=C\C/C=C\C/C=C\CCCCCCCCCCCCC(=O)OC(COC(=O)CCCCCCCCCCCCCCCCCCCCCCCCC/C=C\CCCCCCCCCC)COC(OCC[N+](C)(C)C)C(=O)O. The van der Waals surface area contributed by atoms with Gasteiger partial charge in [0, 0.05) is 12.8 Å². The van der Waals surface area contributed by atoms with Crippen LogP contribution in [-0.2, 0) is 33.3 Å². The number of carbonyl (C=O) groups is 3. The number of nitrogens with zero attached hydrogens (tertiary/aromatic N) is 1. The van der Waals surface area contributed by atoms with Crippen LogP contribution >= 0.6 is 0 Å². The van der Waals surface area contributed by atoms with Crippen LogP contribution in [0.1, 0.15) is 361 Å². The fourth-order valence-corrected chi connectivity index (χ4v) is 11.4. The molecule has 0 aromatic rings. The molecule has 0 aliphatic carbocycles. The summed E-state index contributed by atoms with van der Waals surface area (Å²) in [4.78, 5) is 37.7. The summed E-state index contributed by atoms with van der Waals surface area (Å²) in [5.41, 5.74) is 0. The van der Waals surface area contributed by atoms with E-state index in [0.717, 1.165) is 96.3 Å². The summed E-state index contributed by atoms with van der Waals surface area (Å²) in [6, 6.07) is 0. The van der Waals surface area contributed by atoms with E-state index in [4.69, 9.17) is 18.9 Å². The van der Waals surface area contributed by atoms with Crippen molar-refractivity contribution >= 4 is 17.9 Å². The smallest absolute Gasteiger partial charge is 0.361 e. The summed E-state index contributed by atoms with van der Waals surface area (Å²) in [6.45, 7) is 4.80. The van der Waals surface area contributed by atoms with Gasteiger partial charge >= 0.3 is 17.9 Å². The highest BCUT2D eigenvalue weighted by atomic mass is 16.7. The molecule has 0 spiro atoms. The van der Waals surface area contributed by atoms with E-state index >= 15 is 0 Å². The summed E-state index contributed by atoms with van der Waals surface area (Å²) >= 11 is 0. The lowest BCUT2D eigenvalue weighted by Gasteiger charge is -2.25. The number of likely N-dealkylation sites (N-methyl/N-ethyl adjacent to an activating group) is 1. The topological polar surface area (TPSA) is 108 Å². The van der Waals surface area contributed by atoms with Crippen molar-refractivity contribution in [2.24, 2.45) is 0 Å². The van der Waals surface area contributed by atoms with Crippen LogP contribution in [0.3, 0.4) is 0 Å². The molecule has 0 fully saturated rings. The molecule has 0 aromatic heterocycles. The highest BCUT2D eigenvalue weighted by molar-refractivity contribution is 5.71. The lowest BCUT2D eigenvalue weighted by Crippen LogP contribution is -2.40. The fraction of sp³-hybridized carbons (Fsp3) is 0.756. The van der Waals surface area contributed by atoms with Gasteiger partial charge in [0.25, 0.3) is 6.29 Å². The quantitative estimate of drug-likeness (QED) is 0.0211. The number of ether oxygens (including phenoxy) is 4. The lowest BCUT2D eigenvalue weighted by atomic mass is 10.0. The van der Waals surface area contributed by atoms with Gasteiger partial charge in [0.1, 0.15) is 13.2 Å². The first kappa shape index (κ1) is 91.0. The largest absolute Gasteiger partial charge is 0.477 e. The molecule has 0 heterocycles. The van der Waals surface area contributed by atoms with Gasteiger partial charge in [-0.2, -0.15) is 0 Å². The van der Waals surface area contributed by atoms with Gasteiger partial charge in [-0.05, 0) is 103 Å². The maximum atomic E-state index is 13.0. The normalized spacial score (nSPS) is 13.2. The molecule has 0 amide bonds. The van der Waals surface area contributed by atoms with E-state index < -0.39 is 24.3 Å². The molecular weight excluding hydrogens is 1170 g/mol. The van der Waals surface area contributed by atoms with Gasteiger partial charge in [-0.25, -0.2) is 4.79 Å². The first-order chi connectivity index (χ1) is 46.6. The number of rotatable bonds is 74. The van der Waals surface area contributed by atoms with Crippen molar-refractivity contribution < 1.29 is 42.9 Å². The molecule has 548 valence electrons. The summed E-state index contributed by atoms with van der Waals surface area (Å²) in [5, 5.41) is 9.77. The number of esters is 2. The highest BCUT2D eigenvalue weighted by Gasteiger charge is 2.25. The zero-order valence-electron chi connectivity index (χ0n) is 62.8. The maximum Gasteiger partial charge on any atom is 0.361 e. The predicted octanol–water partition coefficient (Wildman–Crippen LogP) is 25.7. The van der Waals surface area contributed by atoms with Crippen molar-refractivity contribution in [3.63, 3.8) is 0 Å². The van der Waals surface area contributed by atoms with Crippen LogP contribution in [0.4, 0.5) is 0 Å². The average Bonchev–Trinajstić information content (AvgIpc) is 3.58. The molecule has 9 heteroatoms. The molecule has 0 saturated carbocycles. The van der Waals surface area contributed by atoms with Crippen molar-refractivity contribution in [3.05, 3.63) is 109 Å². The number of aliphatic carboxylic acids is 1. The van der Waals surface area contributed by atoms with E-state index in [9.17, 15) is 19.5 Å². The molecule has 0 rings (SSSR count). The Morgan fingerprint density at radius 2 is 0.600 bits per heavy atom. The van der Waals surface area contributed by atoms with Gasteiger partial charge in [-0.1, -0.05) is 354 Å². The zero-order chi connectivity index (χ0) is 69.0. The van der Waals surface area contributed by atoms with E-state index in [-0.39, 0.29) is 32.2 Å². The number of hydrogen-bond donors (Lipinski definition) is 1. The Balaban J connectivity index is 4.05. The van der Waals surface area contributed by atoms with Crippen molar-refractivity contribution in [2.75, 3.05) is 47.5 Å². The molecule has 0 aromatic carbocycles. The second-order valence-electron chi connectivity index (χ2n) is 28.0. The van der Waals surface area contributed by atoms with E-state index in [1.54, 1.807) is 0 Å². The van der Waals surface area contributed by atoms with Gasteiger partial charge in [0.05, 0.1) is 34.4 Å². The Kier molecular flexibility index (Phi) is 72.5. The average molecular weight is 1330 g/mol. The summed E-state index contributed by atoms with van der Waals surface area (Å²) in [5.74, 6) is -2.00. The van der Waals surface area contributed by atoms with Gasteiger partial charge in [0.15, 0.2) is 6.10 Å². The first-order valence-corrected chi connectivity index (χ1v) is 40.1. The minimum absolute atomic E-state index is 0.184. The van der Waals surface area contributed by atoms with E-state index in [2.05, 4.69) is 123 Å². The second-order valence-corrected chi connectivity index (χ2v) is 28.0. The Labute approximate surface area is 587 Å². The van der Waals surface area contributed by atoms with Gasteiger partial charge in [-0.3, -0.25) is 9.59 Å². The third-order valence-corrected chi connectivity index (χ3v) is 17.5. The van der Waals surface area contributed by atoms with Crippen LogP contribution in [0.2, 0.25) is 0 Å². The van der Waals surface area contributed by atoms with Gasteiger partial charge in [0.2, 0.25) is 0 Å². The number of allylic oxidation sites excluding steroid dienone is 18. The standard InChI is InChI=1S/C86H151NO8/c1-6-8-10-12-14-16-18-20-22-24-26-28-30-32-34-36-38-40-42-44-46-48-50-52-54-56-58-60-62-64-66-68-70-72-74-76-83(88)93-80-82(81-94-86(85(90)91)92-79-78-87(3,4)5)95-84(89)77-75-73-71-69-67-65-63-61-59-57-55-53-51-49-47-45-43-41-39-37-35-33-31-29-27-25-23-21-19-17-15-13-11-9-7-2/h9,11,15,17,21,23-24,26-27,29,33,35,39,41,45,47,51,53,82,86H,6-8,10,12-14,16,18-20,22,25,28,30-32,34,36-38,40,42-44,46,48-50,52,54-81H2,1-5H3/p+1/b11-9-,17-15-,23-21-,26-24-,29-27-,35-33-,41-39-,47-45-,53-51-. The second kappa shape index (κ2) is 75.7. The summed E-state index contributed by atoms with van der Waals surface area (Å²) in [6.07, 6.45) is 104. The monoisotopic (exact) mass is 1330 g/mol. The number of carboxylic acids is 1. The molecular formula is C86H152NO8+.